The van der Waals surface area contributed by atoms with Crippen LogP contribution in [0.3, 0.4) is 0 Å². The van der Waals surface area contributed by atoms with Gasteiger partial charge in [0.25, 0.3) is 0 Å². The van der Waals surface area contributed by atoms with Crippen LogP contribution < -0.4 is 10.2 Å². The average Bonchev–Trinajstić information content (AvgIpc) is 3.25. The quantitative estimate of drug-likeness (QED) is 0.403. The molecule has 1 unspecified atom stereocenters. The highest BCUT2D eigenvalue weighted by Gasteiger charge is 2.25. The van der Waals surface area contributed by atoms with Gasteiger partial charge in [0.15, 0.2) is 4.34 Å². The van der Waals surface area contributed by atoms with Crippen molar-refractivity contribution < 1.29 is 0 Å². The molecule has 3 heterocycles. The third kappa shape index (κ3) is 4.43. The van der Waals surface area contributed by atoms with Gasteiger partial charge in [0.1, 0.15) is 11.6 Å². The van der Waals surface area contributed by atoms with Crippen molar-refractivity contribution in [3.8, 4) is 11.3 Å². The van der Waals surface area contributed by atoms with Crippen molar-refractivity contribution in [3.05, 3.63) is 77.6 Å². The van der Waals surface area contributed by atoms with Gasteiger partial charge in [-0.05, 0) is 31.5 Å². The average molecular weight is 446 g/mol. The highest BCUT2D eigenvalue weighted by Crippen LogP contribution is 2.36. The summed E-state index contributed by atoms with van der Waals surface area (Å²) in [5.74, 6) is 1.83. The molecule has 0 saturated heterocycles. The van der Waals surface area contributed by atoms with Crippen molar-refractivity contribution in [1.29, 1.82) is 0 Å². The molecule has 1 N–H and O–H groups in total. The van der Waals surface area contributed by atoms with Gasteiger partial charge in [-0.15, -0.1) is 11.3 Å². The van der Waals surface area contributed by atoms with Crippen LogP contribution in [0.15, 0.2) is 75.4 Å². The maximum Gasteiger partial charge on any atom is 0.155 e. The zero-order chi connectivity index (χ0) is 21.2. The highest BCUT2D eigenvalue weighted by atomic mass is 32.2. The number of aryl methyl sites for hydroxylation is 1. The Bertz CT molecular complexity index is 1190. The lowest BCUT2D eigenvalue weighted by atomic mass is 10.0. The van der Waals surface area contributed by atoms with Crippen LogP contribution in [0.25, 0.3) is 11.3 Å². The van der Waals surface area contributed by atoms with Gasteiger partial charge < -0.3 is 10.2 Å². The first-order valence-corrected chi connectivity index (χ1v) is 12.0. The number of nitrogens with zero attached hydrogens (tertiary/aromatic N) is 4. The summed E-state index contributed by atoms with van der Waals surface area (Å²) in [6, 6.07) is 19.1. The maximum absolute atomic E-state index is 4.81. The second kappa shape index (κ2) is 8.69. The smallest absolute Gasteiger partial charge is 0.155 e. The molecule has 31 heavy (non-hydrogen) atoms. The minimum atomic E-state index is 0.205. The summed E-state index contributed by atoms with van der Waals surface area (Å²) in [7, 11) is 2.09. The fourth-order valence-corrected chi connectivity index (χ4v) is 5.61. The maximum atomic E-state index is 4.81. The Labute approximate surface area is 190 Å². The molecule has 0 aliphatic carbocycles. The van der Waals surface area contributed by atoms with E-state index in [-0.39, 0.29) is 6.04 Å². The predicted molar refractivity (Wildman–Crippen MR) is 129 cm³/mol. The van der Waals surface area contributed by atoms with Gasteiger partial charge >= 0.3 is 0 Å². The van der Waals surface area contributed by atoms with E-state index < -0.39 is 0 Å². The van der Waals surface area contributed by atoms with Crippen LogP contribution in [0.5, 0.6) is 0 Å². The second-order valence-electron chi connectivity index (χ2n) is 7.60. The van der Waals surface area contributed by atoms with Crippen LogP contribution in [0, 0.1) is 6.92 Å². The monoisotopic (exact) mass is 445 g/mol. The predicted octanol–water partition coefficient (Wildman–Crippen LogP) is 6.05. The lowest BCUT2D eigenvalue weighted by Crippen LogP contribution is -2.31. The van der Waals surface area contributed by atoms with Crippen molar-refractivity contribution in [2.45, 2.75) is 28.6 Å². The minimum Gasteiger partial charge on any atom is -0.378 e. The van der Waals surface area contributed by atoms with E-state index in [2.05, 4.69) is 69.0 Å². The van der Waals surface area contributed by atoms with Gasteiger partial charge in [-0.1, -0.05) is 48.2 Å². The molecule has 2 aromatic heterocycles. The first-order valence-electron chi connectivity index (χ1n) is 10.3. The van der Waals surface area contributed by atoms with E-state index in [0.29, 0.717) is 0 Å². The van der Waals surface area contributed by atoms with Crippen molar-refractivity contribution in [3.63, 3.8) is 0 Å². The summed E-state index contributed by atoms with van der Waals surface area (Å²) < 4.78 is 1.05. The molecule has 5 nitrogen and oxygen atoms in total. The van der Waals surface area contributed by atoms with Gasteiger partial charge in [-0.25, -0.2) is 15.0 Å². The van der Waals surface area contributed by atoms with Crippen molar-refractivity contribution >= 4 is 34.6 Å². The summed E-state index contributed by atoms with van der Waals surface area (Å²) in [4.78, 5) is 17.3. The van der Waals surface area contributed by atoms with Gasteiger partial charge in [-0.3, -0.25) is 0 Å². The Kier molecular flexibility index (Phi) is 5.61. The highest BCUT2D eigenvalue weighted by molar-refractivity contribution is 8.01. The molecule has 1 aliphatic rings. The van der Waals surface area contributed by atoms with Crippen LogP contribution in [0.4, 0.5) is 11.5 Å². The molecule has 0 fully saturated rings. The fraction of sp³-hybridized carbons (Fsp3) is 0.208. The van der Waals surface area contributed by atoms with Crippen molar-refractivity contribution in [2.75, 3.05) is 23.8 Å². The van der Waals surface area contributed by atoms with Crippen LogP contribution in [-0.2, 0) is 0 Å². The molecule has 0 spiro atoms. The molecule has 2 aromatic carbocycles. The van der Waals surface area contributed by atoms with Crippen LogP contribution in [-0.4, -0.2) is 28.5 Å². The van der Waals surface area contributed by atoms with Gasteiger partial charge in [0.2, 0.25) is 0 Å². The number of anilines is 2. The molecule has 1 aliphatic heterocycles. The molecule has 0 bridgehead atoms. The largest absolute Gasteiger partial charge is 0.378 e. The Balaban J connectivity index is 1.33. The molecule has 4 aromatic rings. The summed E-state index contributed by atoms with van der Waals surface area (Å²) in [5, 5.41) is 5.82. The Morgan fingerprint density at radius 1 is 1.10 bits per heavy atom. The molecule has 156 valence electrons. The number of hydrogen-bond acceptors (Lipinski definition) is 7. The van der Waals surface area contributed by atoms with E-state index in [1.54, 1.807) is 23.1 Å². The summed E-state index contributed by atoms with van der Waals surface area (Å²) in [6.45, 7) is 2.91. The van der Waals surface area contributed by atoms with Gasteiger partial charge in [0, 0.05) is 46.9 Å². The summed E-state index contributed by atoms with van der Waals surface area (Å²) >= 11 is 3.38. The third-order valence-corrected chi connectivity index (χ3v) is 7.27. The van der Waals surface area contributed by atoms with Crippen LogP contribution in [0.2, 0.25) is 0 Å². The zero-order valence-electron chi connectivity index (χ0n) is 17.4. The second-order valence-corrected chi connectivity index (χ2v) is 9.78. The van der Waals surface area contributed by atoms with E-state index in [9.17, 15) is 0 Å². The standard InChI is InChI=1S/C24H23N5S2/c1-16-25-14-20-21(11-12-29(2)23(20)26-16)27-18-9-6-10-19(13-18)31-24-28-22(15-30-24)17-7-4-3-5-8-17/h3-10,13-15,21,27H,11-12H2,1-2H3. The number of rotatable bonds is 5. The molecule has 1 atom stereocenters. The number of benzene rings is 2. The molecular weight excluding hydrogens is 422 g/mol. The van der Waals surface area contributed by atoms with Gasteiger partial charge in [-0.2, -0.15) is 0 Å². The van der Waals surface area contributed by atoms with Crippen LogP contribution in [0.1, 0.15) is 23.9 Å². The summed E-state index contributed by atoms with van der Waals surface area (Å²) in [6.07, 6.45) is 2.98. The fourth-order valence-electron chi connectivity index (χ4n) is 3.75. The molecule has 0 saturated carbocycles. The van der Waals surface area contributed by atoms with E-state index in [1.165, 1.54) is 4.90 Å². The van der Waals surface area contributed by atoms with Gasteiger partial charge in [0.05, 0.1) is 11.7 Å². The first-order chi connectivity index (χ1) is 15.2. The van der Waals surface area contributed by atoms with E-state index in [1.807, 2.05) is 31.3 Å². The Hall–Kier alpha value is -2.90. The molecular formula is C24H23N5S2. The number of thiazole rings is 1. The molecule has 5 rings (SSSR count). The lowest BCUT2D eigenvalue weighted by Gasteiger charge is -2.32. The molecule has 0 amide bonds. The van der Waals surface area contributed by atoms with E-state index in [0.717, 1.165) is 51.5 Å². The number of hydrogen-bond donors (Lipinski definition) is 1. The van der Waals surface area contributed by atoms with E-state index in [4.69, 9.17) is 4.98 Å². The van der Waals surface area contributed by atoms with Crippen molar-refractivity contribution in [1.82, 2.24) is 15.0 Å². The van der Waals surface area contributed by atoms with Crippen LogP contribution >= 0.6 is 23.1 Å². The summed E-state index contributed by atoms with van der Waals surface area (Å²) in [5.41, 5.74) is 4.44. The number of aromatic nitrogens is 3. The topological polar surface area (TPSA) is 53.9 Å². The van der Waals surface area contributed by atoms with E-state index >= 15 is 0 Å². The van der Waals surface area contributed by atoms with Crippen molar-refractivity contribution in [2.24, 2.45) is 0 Å². The minimum absolute atomic E-state index is 0.205. The Morgan fingerprint density at radius 2 is 1.97 bits per heavy atom. The lowest BCUT2D eigenvalue weighted by molar-refractivity contribution is 0.632. The SMILES string of the molecule is Cc1ncc2c(n1)N(C)CCC2Nc1cccc(Sc2nc(-c3ccccc3)cs2)c1. The normalized spacial score (nSPS) is 15.5. The Morgan fingerprint density at radius 3 is 2.84 bits per heavy atom. The number of nitrogens with one attached hydrogen (secondary N) is 1. The molecule has 7 heteroatoms. The molecule has 0 radical (unpaired) electrons. The first kappa shape index (κ1) is 20.0. The third-order valence-electron chi connectivity index (χ3n) is 5.34. The zero-order valence-corrected chi connectivity index (χ0v) is 19.1. The number of fused-ring (bicyclic) bond motifs is 1.